The van der Waals surface area contributed by atoms with Gasteiger partial charge in [-0.1, -0.05) is 25.4 Å². The van der Waals surface area contributed by atoms with Gasteiger partial charge in [0.2, 0.25) is 10.0 Å². The number of hydrogen-bond acceptors (Lipinski definition) is 5. The Hall–Kier alpha value is -2.29. The highest BCUT2D eigenvalue weighted by molar-refractivity contribution is 7.89. The number of phenols is 1. The van der Waals surface area contributed by atoms with Gasteiger partial charge in [-0.15, -0.1) is 0 Å². The number of carbonyl (C=O) groups excluding carboxylic acids is 1. The molecule has 0 bridgehead atoms. The monoisotopic (exact) mass is 426 g/mol. The predicted octanol–water partition coefficient (Wildman–Crippen LogP) is 3.48. The molecule has 1 unspecified atom stereocenters. The molecule has 0 saturated carbocycles. The Morgan fingerprint density at radius 3 is 2.36 bits per heavy atom. The average molecular weight is 427 g/mol. The number of halogens is 1. The second-order valence-corrected chi connectivity index (χ2v) is 8.35. The van der Waals surface area contributed by atoms with E-state index in [4.69, 9.17) is 16.3 Å². The Kier molecular flexibility index (Phi) is 7.29. The number of hydrogen-bond donors (Lipinski definition) is 2. The van der Waals surface area contributed by atoms with Gasteiger partial charge in [0.25, 0.3) is 5.91 Å². The molecule has 0 aliphatic rings. The van der Waals surface area contributed by atoms with Crippen LogP contribution in [0.4, 0.5) is 5.69 Å². The number of rotatable bonds is 8. The van der Waals surface area contributed by atoms with E-state index in [-0.39, 0.29) is 16.3 Å². The number of nitrogens with one attached hydrogen (secondary N) is 1. The third kappa shape index (κ3) is 5.15. The quantitative estimate of drug-likeness (QED) is 0.630. The molecule has 0 saturated heterocycles. The van der Waals surface area contributed by atoms with Gasteiger partial charge >= 0.3 is 0 Å². The number of benzene rings is 2. The van der Waals surface area contributed by atoms with Gasteiger partial charge in [-0.25, -0.2) is 8.42 Å². The van der Waals surface area contributed by atoms with Gasteiger partial charge in [-0.3, -0.25) is 4.79 Å². The van der Waals surface area contributed by atoms with E-state index in [2.05, 4.69) is 5.32 Å². The van der Waals surface area contributed by atoms with Crippen molar-refractivity contribution in [2.24, 2.45) is 0 Å². The fourth-order valence-electron chi connectivity index (χ4n) is 2.49. The van der Waals surface area contributed by atoms with Crippen LogP contribution in [-0.2, 0) is 14.8 Å². The van der Waals surface area contributed by atoms with Crippen LogP contribution in [0, 0.1) is 0 Å². The minimum Gasteiger partial charge on any atom is -0.506 e. The van der Waals surface area contributed by atoms with Gasteiger partial charge in [0.1, 0.15) is 11.5 Å². The number of carbonyl (C=O) groups is 1. The van der Waals surface area contributed by atoms with Crippen molar-refractivity contribution in [3.8, 4) is 11.5 Å². The van der Waals surface area contributed by atoms with Crippen molar-refractivity contribution in [3.05, 3.63) is 47.5 Å². The molecule has 9 heteroatoms. The summed E-state index contributed by atoms with van der Waals surface area (Å²) in [5.74, 6) is -0.331. The smallest absolute Gasteiger partial charge is 0.265 e. The van der Waals surface area contributed by atoms with Gasteiger partial charge in [0.05, 0.1) is 10.6 Å². The number of anilines is 1. The molecule has 0 aromatic heterocycles. The Morgan fingerprint density at radius 1 is 1.18 bits per heavy atom. The third-order valence-electron chi connectivity index (χ3n) is 4.06. The second kappa shape index (κ2) is 9.27. The van der Waals surface area contributed by atoms with Crippen LogP contribution in [0.5, 0.6) is 11.5 Å². The summed E-state index contributed by atoms with van der Waals surface area (Å²) < 4.78 is 32.1. The molecule has 0 heterocycles. The molecule has 0 aliphatic heterocycles. The van der Waals surface area contributed by atoms with Gasteiger partial charge in [-0.2, -0.15) is 4.31 Å². The molecule has 1 atom stereocenters. The first-order valence-corrected chi connectivity index (χ1v) is 10.6. The van der Waals surface area contributed by atoms with Gasteiger partial charge < -0.3 is 15.2 Å². The van der Waals surface area contributed by atoms with Crippen molar-refractivity contribution in [1.82, 2.24) is 4.31 Å². The van der Waals surface area contributed by atoms with Crippen molar-refractivity contribution >= 4 is 33.2 Å². The predicted molar refractivity (Wildman–Crippen MR) is 108 cm³/mol. The summed E-state index contributed by atoms with van der Waals surface area (Å²) in [5.41, 5.74) is -0.00946. The maximum absolute atomic E-state index is 12.6. The summed E-state index contributed by atoms with van der Waals surface area (Å²) in [6, 6.07) is 10.3. The first kappa shape index (κ1) is 22.0. The number of nitrogens with zero attached hydrogens (tertiary/aromatic N) is 1. The molecular weight excluding hydrogens is 404 g/mol. The molecule has 1 amide bonds. The largest absolute Gasteiger partial charge is 0.506 e. The van der Waals surface area contributed by atoms with E-state index in [1.165, 1.54) is 29.4 Å². The van der Waals surface area contributed by atoms with E-state index >= 15 is 0 Å². The SMILES string of the molecule is CCN(CC)S(=O)(=O)c1ccc(O)c(NC(=O)C(C)Oc2ccc(Cl)cc2)c1. The lowest BCUT2D eigenvalue weighted by Crippen LogP contribution is -2.31. The maximum atomic E-state index is 12.6. The van der Waals surface area contributed by atoms with Gasteiger partial charge in [-0.05, 0) is 49.4 Å². The van der Waals surface area contributed by atoms with Crippen LogP contribution >= 0.6 is 11.6 Å². The van der Waals surface area contributed by atoms with Crippen LogP contribution < -0.4 is 10.1 Å². The van der Waals surface area contributed by atoms with E-state index in [9.17, 15) is 18.3 Å². The van der Waals surface area contributed by atoms with E-state index in [1.54, 1.807) is 38.1 Å². The molecule has 0 aliphatic carbocycles. The number of aromatic hydroxyl groups is 1. The van der Waals surface area contributed by atoms with Crippen LogP contribution in [0.3, 0.4) is 0 Å². The van der Waals surface area contributed by atoms with Crippen LogP contribution in [0.1, 0.15) is 20.8 Å². The lowest BCUT2D eigenvalue weighted by atomic mass is 10.2. The van der Waals surface area contributed by atoms with E-state index in [1.807, 2.05) is 0 Å². The topological polar surface area (TPSA) is 95.9 Å². The number of amides is 1. The van der Waals surface area contributed by atoms with Gasteiger partial charge in [0.15, 0.2) is 6.10 Å². The molecule has 2 aromatic rings. The number of ether oxygens (including phenoxy) is 1. The minimum atomic E-state index is -3.72. The normalized spacial score (nSPS) is 12.6. The van der Waals surface area contributed by atoms with Crippen molar-refractivity contribution in [2.45, 2.75) is 31.8 Å². The Bertz CT molecular complexity index is 928. The summed E-state index contributed by atoms with van der Waals surface area (Å²) in [6.07, 6.45) is -0.886. The fourth-order valence-corrected chi connectivity index (χ4v) is 4.10. The van der Waals surface area contributed by atoms with Crippen molar-refractivity contribution < 1.29 is 23.1 Å². The molecule has 28 heavy (non-hydrogen) atoms. The Morgan fingerprint density at radius 2 is 1.79 bits per heavy atom. The Balaban J connectivity index is 2.18. The van der Waals surface area contributed by atoms with E-state index in [0.717, 1.165) is 0 Å². The van der Waals surface area contributed by atoms with Crippen LogP contribution in [0.2, 0.25) is 5.02 Å². The zero-order valence-corrected chi connectivity index (χ0v) is 17.4. The third-order valence-corrected chi connectivity index (χ3v) is 6.36. The summed E-state index contributed by atoms with van der Waals surface area (Å²) in [6.45, 7) is 5.64. The van der Waals surface area contributed by atoms with Crippen molar-refractivity contribution in [2.75, 3.05) is 18.4 Å². The average Bonchev–Trinajstić information content (AvgIpc) is 2.65. The first-order chi connectivity index (χ1) is 13.2. The highest BCUT2D eigenvalue weighted by atomic mass is 35.5. The highest BCUT2D eigenvalue weighted by Gasteiger charge is 2.24. The summed E-state index contributed by atoms with van der Waals surface area (Å²) >= 11 is 5.82. The molecule has 2 aromatic carbocycles. The standard InChI is InChI=1S/C19H23ClN2O5S/c1-4-22(5-2)28(25,26)16-10-11-18(23)17(12-16)21-19(24)13(3)27-15-8-6-14(20)7-9-15/h6-13,23H,4-5H2,1-3H3,(H,21,24). The molecule has 0 radical (unpaired) electrons. The zero-order valence-electron chi connectivity index (χ0n) is 15.8. The van der Waals surface area contributed by atoms with Crippen LogP contribution in [-0.4, -0.2) is 42.9 Å². The zero-order chi connectivity index (χ0) is 20.9. The maximum Gasteiger partial charge on any atom is 0.265 e. The van der Waals surface area contributed by atoms with E-state index < -0.39 is 22.0 Å². The summed E-state index contributed by atoms with van der Waals surface area (Å²) in [4.78, 5) is 12.4. The van der Waals surface area contributed by atoms with Crippen LogP contribution in [0.15, 0.2) is 47.4 Å². The molecular formula is C19H23ClN2O5S. The molecule has 0 spiro atoms. The molecule has 2 N–H and O–H groups in total. The van der Waals surface area contributed by atoms with Crippen molar-refractivity contribution in [3.63, 3.8) is 0 Å². The fraction of sp³-hybridized carbons (Fsp3) is 0.316. The van der Waals surface area contributed by atoms with E-state index in [0.29, 0.717) is 23.9 Å². The van der Waals surface area contributed by atoms with Crippen LogP contribution in [0.25, 0.3) is 0 Å². The summed E-state index contributed by atoms with van der Waals surface area (Å²) in [5, 5.41) is 13.1. The number of sulfonamides is 1. The molecule has 2 rings (SSSR count). The highest BCUT2D eigenvalue weighted by Crippen LogP contribution is 2.28. The minimum absolute atomic E-state index is 0.00946. The second-order valence-electron chi connectivity index (χ2n) is 5.97. The van der Waals surface area contributed by atoms with Gasteiger partial charge in [0, 0.05) is 18.1 Å². The lowest BCUT2D eigenvalue weighted by molar-refractivity contribution is -0.122. The number of phenolic OH excluding ortho intramolecular Hbond substituents is 1. The summed E-state index contributed by atoms with van der Waals surface area (Å²) in [7, 11) is -3.72. The molecule has 152 valence electrons. The molecule has 0 fully saturated rings. The Labute approximate surface area is 169 Å². The first-order valence-electron chi connectivity index (χ1n) is 8.75. The lowest BCUT2D eigenvalue weighted by Gasteiger charge is -2.20. The molecule has 7 nitrogen and oxygen atoms in total. The van der Waals surface area contributed by atoms with Crippen molar-refractivity contribution in [1.29, 1.82) is 0 Å².